The number of hydrogen-bond donors (Lipinski definition) is 1. The van der Waals surface area contributed by atoms with Crippen LogP contribution in [0.1, 0.15) is 36.4 Å². The number of rotatable bonds is 3. The summed E-state index contributed by atoms with van der Waals surface area (Å²) < 4.78 is 5.09. The molecule has 0 bridgehead atoms. The van der Waals surface area contributed by atoms with Gasteiger partial charge in [0.1, 0.15) is 0 Å². The van der Waals surface area contributed by atoms with Gasteiger partial charge in [0, 0.05) is 6.04 Å². The smallest absolute Gasteiger partial charge is 0.410 e. The number of amides is 1. The molecule has 5 heteroatoms. The quantitative estimate of drug-likeness (QED) is 0.905. The summed E-state index contributed by atoms with van der Waals surface area (Å²) in [6.45, 7) is 0. The van der Waals surface area contributed by atoms with Gasteiger partial charge in [-0.25, -0.2) is 4.79 Å². The van der Waals surface area contributed by atoms with Crippen LogP contribution in [0.2, 0.25) is 0 Å². The number of carboxylic acids is 1. The fourth-order valence-electron chi connectivity index (χ4n) is 4.53. The summed E-state index contributed by atoms with van der Waals surface area (Å²) in [6, 6.07) is 15.3. The number of hydrogen-bond acceptors (Lipinski definition) is 3. The van der Waals surface area contributed by atoms with Crippen molar-refractivity contribution in [2.45, 2.75) is 31.3 Å². The maximum absolute atomic E-state index is 12.8. The molecular formula is C21H21NO4. The zero-order chi connectivity index (χ0) is 18.3. The molecule has 26 heavy (non-hydrogen) atoms. The van der Waals surface area contributed by atoms with E-state index in [0.29, 0.717) is 12.8 Å². The molecule has 1 saturated carbocycles. The van der Waals surface area contributed by atoms with E-state index in [4.69, 9.17) is 4.74 Å². The molecule has 2 aliphatic rings. The standard InChI is InChI=1S/C21H21NO4/c1-26-21(25)22(18-12-6-11-17(18)20(23)24)19-15-9-4-2-7-13(15)14-8-3-5-10-16(14)19/h2-5,7-10,17-19H,6,11-12H2,1H3,(H,23,24)/t17-,18-/m1/s1. The molecule has 2 aromatic carbocycles. The highest BCUT2D eigenvalue weighted by Gasteiger charge is 2.45. The second-order valence-corrected chi connectivity index (χ2v) is 6.90. The van der Waals surface area contributed by atoms with Crippen LogP contribution in [-0.2, 0) is 9.53 Å². The third-order valence-corrected chi connectivity index (χ3v) is 5.62. The first-order valence-corrected chi connectivity index (χ1v) is 8.90. The number of nitrogens with zero attached hydrogens (tertiary/aromatic N) is 1. The fraction of sp³-hybridized carbons (Fsp3) is 0.333. The SMILES string of the molecule is COC(=O)N(C1c2ccccc2-c2ccccc21)[C@@H]1CCC[C@H]1C(=O)O. The Kier molecular flexibility index (Phi) is 4.15. The summed E-state index contributed by atoms with van der Waals surface area (Å²) in [5.41, 5.74) is 4.23. The maximum Gasteiger partial charge on any atom is 0.410 e. The van der Waals surface area contributed by atoms with Crippen molar-refractivity contribution in [3.8, 4) is 11.1 Å². The Hall–Kier alpha value is -2.82. The van der Waals surface area contributed by atoms with Gasteiger partial charge in [-0.3, -0.25) is 9.69 Å². The normalized spacial score (nSPS) is 21.1. The van der Waals surface area contributed by atoms with E-state index < -0.39 is 18.0 Å². The van der Waals surface area contributed by atoms with Crippen LogP contribution in [0.4, 0.5) is 4.79 Å². The van der Waals surface area contributed by atoms with Crippen molar-refractivity contribution in [2.24, 2.45) is 5.92 Å². The van der Waals surface area contributed by atoms with Crippen LogP contribution < -0.4 is 0 Å². The monoisotopic (exact) mass is 351 g/mol. The van der Waals surface area contributed by atoms with Crippen LogP contribution in [0.5, 0.6) is 0 Å². The highest BCUT2D eigenvalue weighted by Crippen LogP contribution is 2.49. The summed E-state index contributed by atoms with van der Waals surface area (Å²) in [5.74, 6) is -1.41. The summed E-state index contributed by atoms with van der Waals surface area (Å²) >= 11 is 0. The number of methoxy groups -OCH3 is 1. The van der Waals surface area contributed by atoms with Crippen molar-refractivity contribution in [1.82, 2.24) is 4.90 Å². The predicted molar refractivity (Wildman–Crippen MR) is 96.7 cm³/mol. The van der Waals surface area contributed by atoms with Gasteiger partial charge in [-0.15, -0.1) is 0 Å². The van der Waals surface area contributed by atoms with Crippen molar-refractivity contribution in [2.75, 3.05) is 7.11 Å². The van der Waals surface area contributed by atoms with E-state index in [1.807, 2.05) is 48.5 Å². The van der Waals surface area contributed by atoms with Gasteiger partial charge in [-0.1, -0.05) is 55.0 Å². The Balaban J connectivity index is 1.87. The second-order valence-electron chi connectivity index (χ2n) is 6.90. The zero-order valence-electron chi connectivity index (χ0n) is 14.6. The van der Waals surface area contributed by atoms with Crippen molar-refractivity contribution in [3.05, 3.63) is 59.7 Å². The lowest BCUT2D eigenvalue weighted by atomic mass is 9.96. The minimum Gasteiger partial charge on any atom is -0.481 e. The van der Waals surface area contributed by atoms with Crippen molar-refractivity contribution in [3.63, 3.8) is 0 Å². The number of benzene rings is 2. The van der Waals surface area contributed by atoms with Crippen LogP contribution in [0.15, 0.2) is 48.5 Å². The third kappa shape index (κ3) is 2.46. The molecule has 0 radical (unpaired) electrons. The highest BCUT2D eigenvalue weighted by molar-refractivity contribution is 5.82. The van der Waals surface area contributed by atoms with Gasteiger partial charge >= 0.3 is 12.1 Å². The second kappa shape index (κ2) is 6.48. The van der Waals surface area contributed by atoms with Gasteiger partial charge in [0.25, 0.3) is 0 Å². The Labute approximate surface area is 152 Å². The van der Waals surface area contributed by atoms with Gasteiger partial charge in [-0.05, 0) is 35.1 Å². The Morgan fingerprint density at radius 3 is 2.12 bits per heavy atom. The number of carbonyl (C=O) groups excluding carboxylic acids is 1. The van der Waals surface area contributed by atoms with Gasteiger partial charge in [0.15, 0.2) is 0 Å². The summed E-state index contributed by atoms with van der Waals surface area (Å²) in [7, 11) is 1.35. The number of ether oxygens (including phenoxy) is 1. The van der Waals surface area contributed by atoms with Crippen LogP contribution in [0.25, 0.3) is 11.1 Å². The van der Waals surface area contributed by atoms with E-state index in [2.05, 4.69) is 0 Å². The molecular weight excluding hydrogens is 330 g/mol. The lowest BCUT2D eigenvalue weighted by molar-refractivity contribution is -0.143. The average molecular weight is 351 g/mol. The summed E-state index contributed by atoms with van der Waals surface area (Å²) in [6.07, 6.45) is 1.58. The van der Waals surface area contributed by atoms with Crippen molar-refractivity contribution in [1.29, 1.82) is 0 Å². The van der Waals surface area contributed by atoms with E-state index in [-0.39, 0.29) is 12.1 Å². The van der Waals surface area contributed by atoms with Crippen molar-refractivity contribution >= 4 is 12.1 Å². The summed E-state index contributed by atoms with van der Waals surface area (Å²) in [5, 5.41) is 9.64. The minimum atomic E-state index is -0.846. The van der Waals surface area contributed by atoms with Crippen LogP contribution in [0, 0.1) is 5.92 Å². The topological polar surface area (TPSA) is 66.8 Å². The molecule has 4 rings (SSSR count). The van der Waals surface area contributed by atoms with E-state index in [9.17, 15) is 14.7 Å². The number of carbonyl (C=O) groups is 2. The lowest BCUT2D eigenvalue weighted by Crippen LogP contribution is -2.46. The maximum atomic E-state index is 12.8. The molecule has 5 nitrogen and oxygen atoms in total. The first-order chi connectivity index (χ1) is 12.6. The lowest BCUT2D eigenvalue weighted by Gasteiger charge is -2.36. The molecule has 0 heterocycles. The average Bonchev–Trinajstić information content (AvgIpc) is 3.26. The first kappa shape index (κ1) is 16.6. The summed E-state index contributed by atoms with van der Waals surface area (Å²) in [4.78, 5) is 26.2. The van der Waals surface area contributed by atoms with Crippen LogP contribution >= 0.6 is 0 Å². The molecule has 1 N–H and O–H groups in total. The molecule has 134 valence electrons. The molecule has 0 spiro atoms. The van der Waals surface area contributed by atoms with E-state index >= 15 is 0 Å². The van der Waals surface area contributed by atoms with Gasteiger partial charge in [0.05, 0.1) is 19.1 Å². The molecule has 1 fully saturated rings. The predicted octanol–water partition coefficient (Wildman–Crippen LogP) is 4.08. The fourth-order valence-corrected chi connectivity index (χ4v) is 4.53. The van der Waals surface area contributed by atoms with Crippen LogP contribution in [0.3, 0.4) is 0 Å². The molecule has 2 aliphatic carbocycles. The molecule has 0 unspecified atom stereocenters. The largest absolute Gasteiger partial charge is 0.481 e. The first-order valence-electron chi connectivity index (χ1n) is 8.90. The molecule has 2 atom stereocenters. The highest BCUT2D eigenvalue weighted by atomic mass is 16.5. The number of aliphatic carboxylic acids is 1. The number of fused-ring (bicyclic) bond motifs is 3. The van der Waals surface area contributed by atoms with Crippen molar-refractivity contribution < 1.29 is 19.4 Å². The Bertz CT molecular complexity index is 817. The number of carboxylic acid groups (broad SMARTS) is 1. The Morgan fingerprint density at radius 2 is 1.58 bits per heavy atom. The molecule has 0 saturated heterocycles. The van der Waals surface area contributed by atoms with E-state index in [1.165, 1.54) is 7.11 Å². The molecule has 1 amide bonds. The minimum absolute atomic E-state index is 0.320. The molecule has 0 aromatic heterocycles. The van der Waals surface area contributed by atoms with E-state index in [0.717, 1.165) is 28.7 Å². The van der Waals surface area contributed by atoms with Gasteiger partial charge in [0.2, 0.25) is 0 Å². The van der Waals surface area contributed by atoms with Gasteiger partial charge in [-0.2, -0.15) is 0 Å². The van der Waals surface area contributed by atoms with Gasteiger partial charge < -0.3 is 9.84 Å². The zero-order valence-corrected chi connectivity index (χ0v) is 14.6. The van der Waals surface area contributed by atoms with Crippen LogP contribution in [-0.4, -0.2) is 35.2 Å². The Morgan fingerprint density at radius 1 is 1.00 bits per heavy atom. The molecule has 0 aliphatic heterocycles. The van der Waals surface area contributed by atoms with E-state index in [1.54, 1.807) is 4.90 Å². The third-order valence-electron chi connectivity index (χ3n) is 5.62. The molecule has 2 aromatic rings.